The fraction of sp³-hybridized carbons (Fsp3) is 1.00. The van der Waals surface area contributed by atoms with E-state index in [1.165, 1.54) is 32.1 Å². The van der Waals surface area contributed by atoms with Crippen molar-refractivity contribution in [1.29, 1.82) is 0 Å². The molecule has 0 amide bonds. The number of hydrogen-bond acceptors (Lipinski definition) is 3. The lowest BCUT2D eigenvalue weighted by Crippen LogP contribution is -1.98. The van der Waals surface area contributed by atoms with E-state index in [1.807, 2.05) is 0 Å². The number of hydrogen-bond donors (Lipinski definition) is 0. The topological polar surface area (TPSA) is 27.7 Å². The molecule has 0 saturated heterocycles. The van der Waals surface area contributed by atoms with Gasteiger partial charge in [-0.25, -0.2) is 0 Å². The summed E-state index contributed by atoms with van der Waals surface area (Å²) in [5, 5.41) is 0. The second kappa shape index (κ2) is 12.9. The summed E-state index contributed by atoms with van der Waals surface area (Å²) in [6.07, 6.45) is 7.50. The van der Waals surface area contributed by atoms with Gasteiger partial charge in [0.1, 0.15) is 6.79 Å². The first-order valence-electron chi connectivity index (χ1n) is 5.47. The maximum Gasteiger partial charge on any atom is 0.146 e. The SMILES string of the molecule is COCCCCCCCCOCOC. The highest BCUT2D eigenvalue weighted by Crippen LogP contribution is 2.05. The molecule has 0 aliphatic rings. The molecule has 0 heterocycles. The van der Waals surface area contributed by atoms with Crippen LogP contribution >= 0.6 is 0 Å². The van der Waals surface area contributed by atoms with E-state index in [0.29, 0.717) is 6.79 Å². The average Bonchev–Trinajstić information content (AvgIpc) is 2.21. The molecule has 0 rings (SSSR count). The highest BCUT2D eigenvalue weighted by molar-refractivity contribution is 4.44. The molecule has 0 bridgehead atoms. The summed E-state index contributed by atoms with van der Waals surface area (Å²) in [4.78, 5) is 0. The number of ether oxygens (including phenoxy) is 3. The van der Waals surface area contributed by atoms with Crippen LogP contribution in [0.25, 0.3) is 0 Å². The van der Waals surface area contributed by atoms with Gasteiger partial charge in [-0.05, 0) is 12.8 Å². The van der Waals surface area contributed by atoms with Crippen molar-refractivity contribution in [2.24, 2.45) is 0 Å². The molecule has 86 valence electrons. The van der Waals surface area contributed by atoms with Gasteiger partial charge in [0.15, 0.2) is 0 Å². The van der Waals surface area contributed by atoms with Gasteiger partial charge in [-0.15, -0.1) is 0 Å². The largest absolute Gasteiger partial charge is 0.385 e. The highest BCUT2D eigenvalue weighted by atomic mass is 16.7. The lowest BCUT2D eigenvalue weighted by molar-refractivity contribution is -0.0315. The maximum absolute atomic E-state index is 5.19. The van der Waals surface area contributed by atoms with E-state index in [1.54, 1.807) is 14.2 Å². The minimum absolute atomic E-state index is 0.424. The van der Waals surface area contributed by atoms with E-state index in [9.17, 15) is 0 Å². The first-order valence-corrected chi connectivity index (χ1v) is 5.47. The Morgan fingerprint density at radius 2 is 1.21 bits per heavy atom. The Labute approximate surface area is 87.7 Å². The fourth-order valence-electron chi connectivity index (χ4n) is 1.30. The molecule has 0 spiro atoms. The number of rotatable bonds is 11. The Hall–Kier alpha value is -0.120. The summed E-state index contributed by atoms with van der Waals surface area (Å²) in [5.74, 6) is 0. The summed E-state index contributed by atoms with van der Waals surface area (Å²) < 4.78 is 14.9. The molecule has 3 heteroatoms. The second-order valence-electron chi connectivity index (χ2n) is 3.43. The zero-order valence-corrected chi connectivity index (χ0v) is 9.59. The molecule has 3 nitrogen and oxygen atoms in total. The van der Waals surface area contributed by atoms with Gasteiger partial charge in [0.25, 0.3) is 0 Å². The minimum atomic E-state index is 0.424. The predicted molar refractivity (Wildman–Crippen MR) is 57.4 cm³/mol. The van der Waals surface area contributed by atoms with E-state index >= 15 is 0 Å². The molecule has 0 aliphatic carbocycles. The molecule has 0 N–H and O–H groups in total. The van der Waals surface area contributed by atoms with Crippen molar-refractivity contribution in [3.8, 4) is 0 Å². The van der Waals surface area contributed by atoms with Crippen LogP contribution in [-0.2, 0) is 14.2 Å². The van der Waals surface area contributed by atoms with Crippen LogP contribution in [0.15, 0.2) is 0 Å². The Balaban J connectivity index is 2.78. The Bertz CT molecular complexity index is 84.5. The summed E-state index contributed by atoms with van der Waals surface area (Å²) in [7, 11) is 3.41. The van der Waals surface area contributed by atoms with Crippen molar-refractivity contribution >= 4 is 0 Å². The molecule has 0 aromatic carbocycles. The molecule has 0 saturated carbocycles. The van der Waals surface area contributed by atoms with Crippen LogP contribution in [0.2, 0.25) is 0 Å². The molecule has 0 fully saturated rings. The molecule has 0 aromatic rings. The van der Waals surface area contributed by atoms with Gasteiger partial charge in [-0.1, -0.05) is 25.7 Å². The van der Waals surface area contributed by atoms with Crippen LogP contribution in [0.1, 0.15) is 38.5 Å². The van der Waals surface area contributed by atoms with E-state index < -0.39 is 0 Å². The third-order valence-electron chi connectivity index (χ3n) is 2.09. The Morgan fingerprint density at radius 3 is 1.79 bits per heavy atom. The maximum atomic E-state index is 5.19. The zero-order chi connectivity index (χ0) is 10.5. The van der Waals surface area contributed by atoms with Crippen molar-refractivity contribution in [1.82, 2.24) is 0 Å². The van der Waals surface area contributed by atoms with Crippen LogP contribution in [0.3, 0.4) is 0 Å². The van der Waals surface area contributed by atoms with Crippen LogP contribution in [-0.4, -0.2) is 34.2 Å². The molecule has 0 unspecified atom stereocenters. The molecular weight excluding hydrogens is 180 g/mol. The molecule has 0 aromatic heterocycles. The Kier molecular flexibility index (Phi) is 12.8. The van der Waals surface area contributed by atoms with Crippen molar-refractivity contribution in [2.75, 3.05) is 34.2 Å². The third-order valence-corrected chi connectivity index (χ3v) is 2.09. The van der Waals surface area contributed by atoms with Gasteiger partial charge in [-0.2, -0.15) is 0 Å². The number of unbranched alkanes of at least 4 members (excludes halogenated alkanes) is 5. The van der Waals surface area contributed by atoms with Gasteiger partial charge in [-0.3, -0.25) is 0 Å². The monoisotopic (exact) mass is 204 g/mol. The quantitative estimate of drug-likeness (QED) is 0.382. The van der Waals surface area contributed by atoms with Crippen LogP contribution in [0, 0.1) is 0 Å². The van der Waals surface area contributed by atoms with Crippen LogP contribution < -0.4 is 0 Å². The average molecular weight is 204 g/mol. The van der Waals surface area contributed by atoms with E-state index in [4.69, 9.17) is 14.2 Å². The molecule has 14 heavy (non-hydrogen) atoms. The first kappa shape index (κ1) is 13.9. The minimum Gasteiger partial charge on any atom is -0.385 e. The first-order chi connectivity index (χ1) is 6.91. The van der Waals surface area contributed by atoms with Gasteiger partial charge < -0.3 is 14.2 Å². The smallest absolute Gasteiger partial charge is 0.146 e. The normalized spacial score (nSPS) is 10.7. The van der Waals surface area contributed by atoms with Crippen molar-refractivity contribution in [3.05, 3.63) is 0 Å². The Morgan fingerprint density at radius 1 is 0.643 bits per heavy atom. The highest BCUT2D eigenvalue weighted by Gasteiger charge is 1.91. The van der Waals surface area contributed by atoms with Crippen molar-refractivity contribution in [2.45, 2.75) is 38.5 Å². The fourth-order valence-corrected chi connectivity index (χ4v) is 1.30. The van der Waals surface area contributed by atoms with E-state index in [0.717, 1.165) is 19.6 Å². The summed E-state index contributed by atoms with van der Waals surface area (Å²) in [6, 6.07) is 0. The number of methoxy groups -OCH3 is 2. The molecule has 0 atom stereocenters. The van der Waals surface area contributed by atoms with Gasteiger partial charge in [0.05, 0.1) is 0 Å². The van der Waals surface area contributed by atoms with Crippen molar-refractivity contribution in [3.63, 3.8) is 0 Å². The van der Waals surface area contributed by atoms with Crippen LogP contribution in [0.4, 0.5) is 0 Å². The zero-order valence-electron chi connectivity index (χ0n) is 9.59. The lowest BCUT2D eigenvalue weighted by atomic mass is 10.1. The third kappa shape index (κ3) is 11.9. The molecular formula is C11H24O3. The molecule has 0 aliphatic heterocycles. The lowest BCUT2D eigenvalue weighted by Gasteiger charge is -2.03. The van der Waals surface area contributed by atoms with E-state index in [-0.39, 0.29) is 0 Å². The summed E-state index contributed by atoms with van der Waals surface area (Å²) in [5.41, 5.74) is 0. The summed E-state index contributed by atoms with van der Waals surface area (Å²) in [6.45, 7) is 2.15. The van der Waals surface area contributed by atoms with Crippen LogP contribution in [0.5, 0.6) is 0 Å². The second-order valence-corrected chi connectivity index (χ2v) is 3.43. The summed E-state index contributed by atoms with van der Waals surface area (Å²) >= 11 is 0. The van der Waals surface area contributed by atoms with Crippen molar-refractivity contribution < 1.29 is 14.2 Å². The van der Waals surface area contributed by atoms with Gasteiger partial charge >= 0.3 is 0 Å². The van der Waals surface area contributed by atoms with Gasteiger partial charge in [0.2, 0.25) is 0 Å². The predicted octanol–water partition coefficient (Wildman–Crippen LogP) is 2.59. The van der Waals surface area contributed by atoms with E-state index in [2.05, 4.69) is 0 Å². The van der Waals surface area contributed by atoms with Gasteiger partial charge in [0, 0.05) is 27.4 Å². The molecule has 0 radical (unpaired) electrons. The standard InChI is InChI=1S/C11H24O3/c1-12-9-7-5-3-4-6-8-10-14-11-13-2/h3-11H2,1-2H3.